The lowest BCUT2D eigenvalue weighted by Crippen LogP contribution is -2.49. The van der Waals surface area contributed by atoms with Crippen molar-refractivity contribution in [1.82, 2.24) is 0 Å². The molecule has 1 aromatic carbocycles. The summed E-state index contributed by atoms with van der Waals surface area (Å²) in [7, 11) is -0.213. The fourth-order valence-electron chi connectivity index (χ4n) is 2.65. The third-order valence-electron chi connectivity index (χ3n) is 5.38. The monoisotopic (exact) mass is 504 g/mol. The lowest BCUT2D eigenvalue weighted by molar-refractivity contribution is -0.0425. The molecule has 0 aliphatic rings. The fraction of sp³-hybridized carbons (Fsp3) is 0.636. The highest BCUT2D eigenvalue weighted by molar-refractivity contribution is 14.1. The van der Waals surface area contributed by atoms with E-state index in [1.807, 2.05) is 24.3 Å². The number of halogens is 1. The van der Waals surface area contributed by atoms with Crippen molar-refractivity contribution >= 4 is 30.9 Å². The number of methoxy groups -OCH3 is 1. The lowest BCUT2D eigenvalue weighted by atomic mass is 10.00. The minimum absolute atomic E-state index is 0.00299. The molecule has 0 spiro atoms. The average Bonchev–Trinajstić information content (AvgIpc) is 2.56. The van der Waals surface area contributed by atoms with Crippen molar-refractivity contribution in [1.29, 1.82) is 0 Å². The van der Waals surface area contributed by atoms with Crippen LogP contribution in [0.4, 0.5) is 0 Å². The van der Waals surface area contributed by atoms with Crippen LogP contribution in [0.2, 0.25) is 18.1 Å². The number of hydrogen-bond acceptors (Lipinski definition) is 3. The van der Waals surface area contributed by atoms with Crippen molar-refractivity contribution in [2.24, 2.45) is 5.92 Å². The maximum atomic E-state index is 6.80. The third kappa shape index (κ3) is 7.87. The molecule has 1 aromatic rings. The van der Waals surface area contributed by atoms with Gasteiger partial charge in [0.25, 0.3) is 0 Å². The van der Waals surface area contributed by atoms with Crippen LogP contribution in [0.15, 0.2) is 33.9 Å². The van der Waals surface area contributed by atoms with Crippen molar-refractivity contribution in [3.63, 3.8) is 0 Å². The Kier molecular flexibility index (Phi) is 9.52. The summed E-state index contributed by atoms with van der Waals surface area (Å²) in [6.45, 7) is 18.5. The van der Waals surface area contributed by atoms with E-state index in [-0.39, 0.29) is 17.2 Å². The molecule has 0 N–H and O–H groups in total. The van der Waals surface area contributed by atoms with Crippen LogP contribution in [-0.2, 0) is 15.8 Å². The quantitative estimate of drug-likeness (QED) is 0.269. The second kappa shape index (κ2) is 10.4. The van der Waals surface area contributed by atoms with Crippen molar-refractivity contribution < 1.29 is 13.9 Å². The molecule has 1 rings (SSSR count). The average molecular weight is 505 g/mol. The lowest BCUT2D eigenvalue weighted by Gasteiger charge is -2.42. The molecule has 0 unspecified atom stereocenters. The van der Waals surface area contributed by atoms with Crippen molar-refractivity contribution in [2.75, 3.05) is 7.11 Å². The zero-order valence-electron chi connectivity index (χ0n) is 18.4. The van der Waals surface area contributed by atoms with Gasteiger partial charge in [-0.2, -0.15) is 0 Å². The molecule has 0 heterocycles. The summed E-state index contributed by atoms with van der Waals surface area (Å²) in [4.78, 5) is 0. The molecule has 0 aromatic heterocycles. The van der Waals surface area contributed by atoms with Crippen LogP contribution in [-0.4, -0.2) is 27.6 Å². The fourth-order valence-corrected chi connectivity index (χ4v) is 4.66. The summed E-state index contributed by atoms with van der Waals surface area (Å²) in [6, 6.07) is 8.04. The van der Waals surface area contributed by atoms with Crippen LogP contribution in [0.3, 0.4) is 0 Å². The second-order valence-corrected chi connectivity index (χ2v) is 15.3. The third-order valence-corrected chi connectivity index (χ3v) is 10.2. The summed E-state index contributed by atoms with van der Waals surface area (Å²) < 4.78 is 19.6. The highest BCUT2D eigenvalue weighted by Gasteiger charge is 2.41. The Morgan fingerprint density at radius 1 is 1.15 bits per heavy atom. The SMILES string of the molecule is COc1ccc(CO[C@@H](C)[C@@H](O[Si](C)(C)C(C)(C)C)[C@H](C)/C=C(\C)I)cc1. The molecular formula is C22H37IO3Si. The first-order chi connectivity index (χ1) is 12.4. The van der Waals surface area contributed by atoms with Gasteiger partial charge < -0.3 is 13.9 Å². The highest BCUT2D eigenvalue weighted by Crippen LogP contribution is 2.39. The van der Waals surface area contributed by atoms with Gasteiger partial charge in [0.1, 0.15) is 5.75 Å². The smallest absolute Gasteiger partial charge is 0.192 e. The largest absolute Gasteiger partial charge is 0.497 e. The number of ether oxygens (including phenoxy) is 2. The van der Waals surface area contributed by atoms with Crippen molar-refractivity contribution in [3.8, 4) is 5.75 Å². The Labute approximate surface area is 181 Å². The number of hydrogen-bond donors (Lipinski definition) is 0. The zero-order chi connectivity index (χ0) is 20.8. The minimum atomic E-state index is -1.89. The van der Waals surface area contributed by atoms with Gasteiger partial charge in [0.15, 0.2) is 8.32 Å². The number of benzene rings is 1. The maximum Gasteiger partial charge on any atom is 0.192 e. The van der Waals surface area contributed by atoms with E-state index >= 15 is 0 Å². The van der Waals surface area contributed by atoms with E-state index in [0.29, 0.717) is 12.5 Å². The van der Waals surface area contributed by atoms with E-state index in [2.05, 4.69) is 83.3 Å². The first-order valence-corrected chi connectivity index (χ1v) is 13.6. The van der Waals surface area contributed by atoms with E-state index in [1.54, 1.807) is 7.11 Å². The zero-order valence-corrected chi connectivity index (χ0v) is 21.6. The standard InChI is InChI=1S/C22H37IO3Si/c1-16(14-17(2)23)21(26-27(8,9)22(4,5)6)18(3)25-15-19-10-12-20(24-7)13-11-19/h10-14,16,18,21H,15H2,1-9H3/b17-14+/t16-,18+,21+/m1/s1. The van der Waals surface area contributed by atoms with Gasteiger partial charge in [0.2, 0.25) is 0 Å². The predicted molar refractivity (Wildman–Crippen MR) is 126 cm³/mol. The van der Waals surface area contributed by atoms with Gasteiger partial charge in [0, 0.05) is 5.92 Å². The van der Waals surface area contributed by atoms with Crippen LogP contribution in [0.25, 0.3) is 0 Å². The normalized spacial score (nSPS) is 16.7. The minimum Gasteiger partial charge on any atom is -0.497 e. The van der Waals surface area contributed by atoms with E-state index in [9.17, 15) is 0 Å². The summed E-state index contributed by atoms with van der Waals surface area (Å²) in [5, 5.41) is 0.170. The topological polar surface area (TPSA) is 27.7 Å². The van der Waals surface area contributed by atoms with Crippen LogP contribution in [0, 0.1) is 5.92 Å². The molecule has 0 fully saturated rings. The van der Waals surface area contributed by atoms with Gasteiger partial charge in [-0.05, 0) is 75.8 Å². The van der Waals surface area contributed by atoms with Gasteiger partial charge in [0.05, 0.1) is 25.9 Å². The molecule has 27 heavy (non-hydrogen) atoms. The molecule has 0 saturated carbocycles. The molecule has 5 heteroatoms. The Balaban J connectivity index is 2.91. The van der Waals surface area contributed by atoms with Crippen molar-refractivity contribution in [3.05, 3.63) is 39.5 Å². The van der Waals surface area contributed by atoms with E-state index < -0.39 is 8.32 Å². The van der Waals surface area contributed by atoms with Gasteiger partial charge in [-0.3, -0.25) is 0 Å². The van der Waals surface area contributed by atoms with Gasteiger partial charge in [-0.15, -0.1) is 0 Å². The highest BCUT2D eigenvalue weighted by atomic mass is 127. The Morgan fingerprint density at radius 2 is 1.70 bits per heavy atom. The summed E-state index contributed by atoms with van der Waals surface area (Å²) in [5.74, 6) is 1.16. The Hall–Kier alpha value is -0.373. The van der Waals surface area contributed by atoms with Crippen LogP contribution in [0.5, 0.6) is 5.75 Å². The number of allylic oxidation sites excluding steroid dienone is 1. The van der Waals surface area contributed by atoms with E-state index in [1.165, 1.54) is 3.58 Å². The van der Waals surface area contributed by atoms with E-state index in [0.717, 1.165) is 11.3 Å². The van der Waals surface area contributed by atoms with E-state index in [4.69, 9.17) is 13.9 Å². The maximum absolute atomic E-state index is 6.80. The predicted octanol–water partition coefficient (Wildman–Crippen LogP) is 6.97. The molecule has 0 saturated heterocycles. The van der Waals surface area contributed by atoms with Crippen LogP contribution < -0.4 is 4.74 Å². The molecule has 3 atom stereocenters. The second-order valence-electron chi connectivity index (χ2n) is 8.82. The molecule has 154 valence electrons. The Bertz CT molecular complexity index is 601. The van der Waals surface area contributed by atoms with Crippen LogP contribution >= 0.6 is 22.6 Å². The van der Waals surface area contributed by atoms with Gasteiger partial charge in [-0.25, -0.2) is 0 Å². The first kappa shape index (κ1) is 24.7. The van der Waals surface area contributed by atoms with Gasteiger partial charge in [-0.1, -0.05) is 45.9 Å². The molecular weight excluding hydrogens is 467 g/mol. The molecule has 0 bridgehead atoms. The molecule has 0 aliphatic heterocycles. The van der Waals surface area contributed by atoms with Crippen molar-refractivity contribution in [2.45, 2.75) is 78.5 Å². The van der Waals surface area contributed by atoms with Crippen LogP contribution in [0.1, 0.15) is 47.1 Å². The summed E-state index contributed by atoms with van der Waals surface area (Å²) in [6.07, 6.45) is 2.32. The van der Waals surface area contributed by atoms with Gasteiger partial charge >= 0.3 is 0 Å². The first-order valence-electron chi connectivity index (χ1n) is 9.63. The molecule has 0 radical (unpaired) electrons. The molecule has 0 aliphatic carbocycles. The molecule has 0 amide bonds. The Morgan fingerprint density at radius 3 is 2.15 bits per heavy atom. The number of rotatable bonds is 9. The molecule has 3 nitrogen and oxygen atoms in total. The summed E-state index contributed by atoms with van der Waals surface area (Å²) >= 11 is 2.37. The summed E-state index contributed by atoms with van der Waals surface area (Å²) in [5.41, 5.74) is 1.14.